The molecule has 0 radical (unpaired) electrons. The Bertz CT molecular complexity index is 840. The number of nitrogens with zero attached hydrogens (tertiary/aromatic N) is 2. The summed E-state index contributed by atoms with van der Waals surface area (Å²) in [5, 5.41) is 8.59. The van der Waals surface area contributed by atoms with Crippen LogP contribution in [0, 0.1) is 17.7 Å². The van der Waals surface area contributed by atoms with Crippen molar-refractivity contribution in [1.82, 2.24) is 9.13 Å². The number of aliphatic hydroxyl groups excluding tert-OH is 1. The molecule has 1 heterocycles. The average Bonchev–Trinajstić information content (AvgIpc) is 2.47. The average molecular weight is 288 g/mol. The molecule has 1 aromatic carbocycles. The molecule has 0 amide bonds. The molecule has 0 bridgehead atoms. The summed E-state index contributed by atoms with van der Waals surface area (Å²) in [6.45, 7) is -0.454. The van der Waals surface area contributed by atoms with E-state index in [1.165, 1.54) is 36.0 Å². The first-order valence-electron chi connectivity index (χ1n) is 6.17. The van der Waals surface area contributed by atoms with Crippen LogP contribution in [-0.4, -0.2) is 20.8 Å². The molecule has 0 fully saturated rings. The fourth-order valence-corrected chi connectivity index (χ4v) is 1.82. The van der Waals surface area contributed by atoms with Gasteiger partial charge in [-0.25, -0.2) is 9.18 Å². The van der Waals surface area contributed by atoms with Crippen LogP contribution < -0.4 is 11.2 Å². The van der Waals surface area contributed by atoms with Crippen molar-refractivity contribution in [3.8, 4) is 11.8 Å². The van der Waals surface area contributed by atoms with Gasteiger partial charge in [-0.15, -0.1) is 0 Å². The van der Waals surface area contributed by atoms with Crippen molar-refractivity contribution >= 4 is 0 Å². The highest BCUT2D eigenvalue weighted by Gasteiger charge is 2.08. The maximum Gasteiger partial charge on any atom is 0.331 e. The van der Waals surface area contributed by atoms with Crippen LogP contribution in [0.1, 0.15) is 11.1 Å². The van der Waals surface area contributed by atoms with Gasteiger partial charge in [-0.3, -0.25) is 9.36 Å². The van der Waals surface area contributed by atoms with E-state index in [0.717, 1.165) is 4.57 Å². The predicted octanol–water partition coefficient (Wildman–Crippen LogP) is 0.0782. The van der Waals surface area contributed by atoms with E-state index in [1.54, 1.807) is 6.07 Å². The van der Waals surface area contributed by atoms with Gasteiger partial charge in [0.15, 0.2) is 0 Å². The molecule has 1 N–H and O–H groups in total. The van der Waals surface area contributed by atoms with Crippen molar-refractivity contribution in [3.05, 3.63) is 68.2 Å². The van der Waals surface area contributed by atoms with Crippen LogP contribution in [-0.2, 0) is 13.6 Å². The van der Waals surface area contributed by atoms with Crippen LogP contribution in [0.25, 0.3) is 0 Å². The topological polar surface area (TPSA) is 64.2 Å². The molecule has 2 rings (SSSR count). The Hall–Kier alpha value is -2.65. The summed E-state index contributed by atoms with van der Waals surface area (Å²) >= 11 is 0. The Morgan fingerprint density at radius 1 is 1.29 bits per heavy atom. The van der Waals surface area contributed by atoms with E-state index in [0.29, 0.717) is 5.56 Å². The monoisotopic (exact) mass is 288 g/mol. The highest BCUT2D eigenvalue weighted by Crippen LogP contribution is 2.10. The number of aromatic nitrogens is 2. The molecule has 21 heavy (non-hydrogen) atoms. The van der Waals surface area contributed by atoms with E-state index < -0.39 is 17.1 Å². The first-order valence-corrected chi connectivity index (χ1v) is 6.17. The van der Waals surface area contributed by atoms with Crippen molar-refractivity contribution in [2.75, 3.05) is 6.61 Å². The Labute approximate surface area is 119 Å². The summed E-state index contributed by atoms with van der Waals surface area (Å²) < 4.78 is 16.2. The highest BCUT2D eigenvalue weighted by atomic mass is 19.1. The Morgan fingerprint density at radius 3 is 2.71 bits per heavy atom. The van der Waals surface area contributed by atoms with Crippen LogP contribution in [0.5, 0.6) is 0 Å². The second-order valence-electron chi connectivity index (χ2n) is 4.40. The minimum atomic E-state index is -0.558. The van der Waals surface area contributed by atoms with Gasteiger partial charge in [0.05, 0.1) is 6.54 Å². The first-order chi connectivity index (χ1) is 10.0. The van der Waals surface area contributed by atoms with Gasteiger partial charge in [0.2, 0.25) is 0 Å². The predicted molar refractivity (Wildman–Crippen MR) is 75.4 cm³/mol. The van der Waals surface area contributed by atoms with Gasteiger partial charge in [-0.2, -0.15) is 0 Å². The second-order valence-corrected chi connectivity index (χ2v) is 4.40. The number of hydrogen-bond donors (Lipinski definition) is 1. The number of benzene rings is 1. The summed E-state index contributed by atoms with van der Waals surface area (Å²) in [6, 6.07) is 5.49. The number of aliphatic hydroxyl groups is 1. The smallest absolute Gasteiger partial charge is 0.331 e. The standard InChI is InChI=1S/C15H13FN2O3/c1-17-7-6-14(20)18(15(17)21)10-12-5-4-11(3-2-8-19)9-13(12)16/h4-7,9,19H,8,10H2,1H3. The number of hydrogen-bond acceptors (Lipinski definition) is 3. The molecule has 0 unspecified atom stereocenters. The van der Waals surface area contributed by atoms with Crippen molar-refractivity contribution < 1.29 is 9.50 Å². The zero-order chi connectivity index (χ0) is 15.4. The fraction of sp³-hybridized carbons (Fsp3) is 0.200. The Kier molecular flexibility index (Phi) is 4.36. The first kappa shape index (κ1) is 14.8. The largest absolute Gasteiger partial charge is 0.384 e. The lowest BCUT2D eigenvalue weighted by atomic mass is 10.1. The lowest BCUT2D eigenvalue weighted by molar-refractivity contribution is 0.350. The minimum absolute atomic E-state index is 0.147. The van der Waals surface area contributed by atoms with Gasteiger partial charge in [0, 0.05) is 30.4 Å². The Morgan fingerprint density at radius 2 is 2.05 bits per heavy atom. The molecule has 108 valence electrons. The van der Waals surface area contributed by atoms with Crippen LogP contribution in [0.15, 0.2) is 40.1 Å². The van der Waals surface area contributed by atoms with E-state index in [9.17, 15) is 14.0 Å². The third-order valence-corrected chi connectivity index (χ3v) is 2.93. The van der Waals surface area contributed by atoms with Gasteiger partial charge < -0.3 is 9.67 Å². The number of halogens is 1. The van der Waals surface area contributed by atoms with E-state index in [4.69, 9.17) is 5.11 Å². The zero-order valence-corrected chi connectivity index (χ0v) is 11.3. The molecular formula is C15H13FN2O3. The van der Waals surface area contributed by atoms with Crippen molar-refractivity contribution in [3.63, 3.8) is 0 Å². The quantitative estimate of drug-likeness (QED) is 0.796. The maximum atomic E-state index is 14.0. The van der Waals surface area contributed by atoms with Crippen molar-refractivity contribution in [2.45, 2.75) is 6.54 Å². The molecular weight excluding hydrogens is 275 g/mol. The van der Waals surface area contributed by atoms with Gasteiger partial charge in [-0.05, 0) is 12.1 Å². The molecule has 0 spiro atoms. The van der Waals surface area contributed by atoms with Crippen molar-refractivity contribution in [1.29, 1.82) is 0 Å². The van der Waals surface area contributed by atoms with Crippen molar-refractivity contribution in [2.24, 2.45) is 7.05 Å². The Balaban J connectivity index is 2.40. The SMILES string of the molecule is Cn1ccc(=O)n(Cc2ccc(C#CCO)cc2F)c1=O. The molecule has 2 aromatic rings. The zero-order valence-electron chi connectivity index (χ0n) is 11.3. The molecule has 6 heteroatoms. The molecule has 5 nitrogen and oxygen atoms in total. The molecule has 0 atom stereocenters. The maximum absolute atomic E-state index is 14.0. The molecule has 0 saturated heterocycles. The van der Waals surface area contributed by atoms with E-state index in [1.807, 2.05) is 0 Å². The third-order valence-electron chi connectivity index (χ3n) is 2.93. The summed E-state index contributed by atoms with van der Waals surface area (Å²) in [4.78, 5) is 23.6. The third kappa shape index (κ3) is 3.27. The molecule has 1 aromatic heterocycles. The summed E-state index contributed by atoms with van der Waals surface area (Å²) in [7, 11) is 1.52. The normalized spacial score (nSPS) is 10.0. The van der Waals surface area contributed by atoms with Crippen LogP contribution in [0.3, 0.4) is 0 Å². The summed E-state index contributed by atoms with van der Waals surface area (Å²) in [5.74, 6) is 4.44. The highest BCUT2D eigenvalue weighted by molar-refractivity contribution is 5.37. The number of aryl methyl sites for hydroxylation is 1. The lowest BCUT2D eigenvalue weighted by Crippen LogP contribution is -2.38. The van der Waals surface area contributed by atoms with Gasteiger partial charge >= 0.3 is 5.69 Å². The van der Waals surface area contributed by atoms with E-state index >= 15 is 0 Å². The molecule has 0 saturated carbocycles. The number of rotatable bonds is 2. The second kappa shape index (κ2) is 6.20. The van der Waals surface area contributed by atoms with Gasteiger partial charge in [0.1, 0.15) is 12.4 Å². The van der Waals surface area contributed by atoms with E-state index in [-0.39, 0.29) is 18.7 Å². The fourth-order valence-electron chi connectivity index (χ4n) is 1.82. The summed E-state index contributed by atoms with van der Waals surface area (Å²) in [6.07, 6.45) is 1.37. The van der Waals surface area contributed by atoms with E-state index in [2.05, 4.69) is 11.8 Å². The molecule has 0 aliphatic rings. The van der Waals surface area contributed by atoms with Crippen LogP contribution in [0.2, 0.25) is 0 Å². The molecule has 0 aliphatic carbocycles. The van der Waals surface area contributed by atoms with Crippen LogP contribution >= 0.6 is 0 Å². The summed E-state index contributed by atoms with van der Waals surface area (Å²) in [5.41, 5.74) is -0.360. The molecule has 0 aliphatic heterocycles. The van der Waals surface area contributed by atoms with Crippen LogP contribution in [0.4, 0.5) is 4.39 Å². The van der Waals surface area contributed by atoms with Gasteiger partial charge in [0.25, 0.3) is 5.56 Å². The minimum Gasteiger partial charge on any atom is -0.384 e. The van der Waals surface area contributed by atoms with Gasteiger partial charge in [-0.1, -0.05) is 17.9 Å². The lowest BCUT2D eigenvalue weighted by Gasteiger charge is -2.07.